The minimum Gasteiger partial charge on any atom is -0.370 e. The maximum Gasteiger partial charge on any atom is 0.416 e. The van der Waals surface area contributed by atoms with Gasteiger partial charge in [0.2, 0.25) is 0 Å². The predicted octanol–water partition coefficient (Wildman–Crippen LogP) is 5.35. The van der Waals surface area contributed by atoms with Crippen molar-refractivity contribution in [2.75, 3.05) is 5.32 Å². The number of nitrogens with two attached hydrogens (primary N) is 2. The highest BCUT2D eigenvalue weighted by molar-refractivity contribution is 7.80. The molecule has 0 unspecified atom stereocenters. The lowest BCUT2D eigenvalue weighted by molar-refractivity contribution is -0.143. The van der Waals surface area contributed by atoms with Gasteiger partial charge in [0.05, 0.1) is 16.8 Å². The van der Waals surface area contributed by atoms with E-state index < -0.39 is 29.2 Å². The molecule has 0 atom stereocenters. The van der Waals surface area contributed by atoms with Crippen LogP contribution in [0.5, 0.6) is 0 Å². The predicted molar refractivity (Wildman–Crippen MR) is 120 cm³/mol. The van der Waals surface area contributed by atoms with Gasteiger partial charge in [-0.15, -0.1) is 0 Å². The molecule has 1 aliphatic rings. The van der Waals surface area contributed by atoms with Gasteiger partial charge in [-0.25, -0.2) is 4.99 Å². The summed E-state index contributed by atoms with van der Waals surface area (Å²) in [6.45, 7) is 3.60. The van der Waals surface area contributed by atoms with Crippen LogP contribution in [-0.2, 0) is 12.4 Å². The molecule has 12 heteroatoms. The van der Waals surface area contributed by atoms with Gasteiger partial charge in [0.15, 0.2) is 11.1 Å². The van der Waals surface area contributed by atoms with Gasteiger partial charge in [-0.3, -0.25) is 0 Å². The molecular weight excluding hydrogens is 468 g/mol. The molecule has 0 bridgehead atoms. The maximum absolute atomic E-state index is 13.1. The topological polar surface area (TPSA) is 88.5 Å². The molecule has 0 heterocycles. The summed E-state index contributed by atoms with van der Waals surface area (Å²) in [7, 11) is 0. The average molecular weight is 489 g/mol. The van der Waals surface area contributed by atoms with Crippen LogP contribution in [0.15, 0.2) is 70.0 Å². The molecule has 1 aromatic carbocycles. The largest absolute Gasteiger partial charge is 0.416 e. The molecule has 0 saturated carbocycles. The van der Waals surface area contributed by atoms with Gasteiger partial charge in [-0.1, -0.05) is 25.2 Å². The van der Waals surface area contributed by atoms with Gasteiger partial charge in [0.25, 0.3) is 0 Å². The number of halogens is 6. The van der Waals surface area contributed by atoms with Crippen LogP contribution in [0, 0.1) is 0 Å². The Labute approximate surface area is 191 Å². The highest BCUT2D eigenvalue weighted by Crippen LogP contribution is 2.37. The number of allylic oxidation sites excluding steroid dienone is 6. The molecule has 5 nitrogen and oxygen atoms in total. The van der Waals surface area contributed by atoms with Crippen molar-refractivity contribution in [2.45, 2.75) is 32.6 Å². The fourth-order valence-electron chi connectivity index (χ4n) is 2.97. The first kappa shape index (κ1) is 26.0. The summed E-state index contributed by atoms with van der Waals surface area (Å²) < 4.78 is 78.6. The Morgan fingerprint density at radius 2 is 1.48 bits per heavy atom. The first-order valence-electron chi connectivity index (χ1n) is 9.48. The zero-order valence-corrected chi connectivity index (χ0v) is 18.3. The van der Waals surface area contributed by atoms with E-state index in [4.69, 9.17) is 23.7 Å². The molecule has 0 radical (unpaired) electrons. The SMILES string of the molecule is CCC1=C(N=C(N)N)/C(C)=C/C=C\C=C1NC(=S)Nc1cc(C(F)(F)F)cc(C(F)(F)F)c1. The number of thiocarbonyl (C=S) groups is 1. The summed E-state index contributed by atoms with van der Waals surface area (Å²) in [5.41, 5.74) is 9.90. The van der Waals surface area contributed by atoms with Gasteiger partial charge >= 0.3 is 12.4 Å². The molecule has 0 spiro atoms. The van der Waals surface area contributed by atoms with Crippen LogP contribution < -0.4 is 22.1 Å². The number of aliphatic imine (C=N–C) groups is 1. The summed E-state index contributed by atoms with van der Waals surface area (Å²) in [6.07, 6.45) is -2.71. The molecule has 0 amide bonds. The normalized spacial score (nSPS) is 17.2. The molecule has 178 valence electrons. The summed E-state index contributed by atoms with van der Waals surface area (Å²) in [6, 6.07) is 1.13. The van der Waals surface area contributed by atoms with E-state index in [0.717, 1.165) is 5.57 Å². The quantitative estimate of drug-likeness (QED) is 0.198. The molecule has 0 aliphatic heterocycles. The third-order valence-corrected chi connectivity index (χ3v) is 4.60. The van der Waals surface area contributed by atoms with Crippen molar-refractivity contribution >= 4 is 29.0 Å². The van der Waals surface area contributed by atoms with E-state index >= 15 is 0 Å². The standard InChI is InChI=1S/C21H21F6N5S/c1-3-15-16(7-5-4-6-11(2)17(15)32-18(28)29)31-19(33)30-14-9-12(20(22,23)24)8-13(10-14)21(25,26)27/h4-10H,3H2,1-2H3,(H4,28,29,32)(H2,30,31,33)/b5-4-,6-4?,7-5?,11-6+,16-7?,16-15?,17-11?,17-15?. The lowest BCUT2D eigenvalue weighted by Crippen LogP contribution is -2.30. The molecule has 1 aliphatic carbocycles. The summed E-state index contributed by atoms with van der Waals surface area (Å²) >= 11 is 5.15. The monoisotopic (exact) mass is 489 g/mol. The van der Waals surface area contributed by atoms with Crippen molar-refractivity contribution in [2.24, 2.45) is 16.5 Å². The number of alkyl halides is 6. The van der Waals surface area contributed by atoms with Crippen LogP contribution in [0.2, 0.25) is 0 Å². The fourth-order valence-corrected chi connectivity index (χ4v) is 3.20. The smallest absolute Gasteiger partial charge is 0.370 e. The van der Waals surface area contributed by atoms with E-state index in [1.54, 1.807) is 31.2 Å². The molecule has 0 fully saturated rings. The van der Waals surface area contributed by atoms with Crippen LogP contribution in [0.1, 0.15) is 31.4 Å². The number of hydrogen-bond acceptors (Lipinski definition) is 2. The van der Waals surface area contributed by atoms with Gasteiger partial charge < -0.3 is 22.1 Å². The maximum atomic E-state index is 13.1. The average Bonchev–Trinajstić information content (AvgIpc) is 2.67. The second-order valence-corrected chi connectivity index (χ2v) is 7.31. The van der Waals surface area contributed by atoms with Crippen molar-refractivity contribution in [3.63, 3.8) is 0 Å². The number of anilines is 1. The number of nitrogens with one attached hydrogen (secondary N) is 2. The minimum absolute atomic E-state index is 0.0400. The number of hydrogen-bond donors (Lipinski definition) is 4. The Hall–Kier alpha value is -3.28. The Kier molecular flexibility index (Phi) is 7.96. The van der Waals surface area contributed by atoms with Crippen molar-refractivity contribution in [3.05, 3.63) is 76.2 Å². The fraction of sp³-hybridized carbons (Fsp3) is 0.238. The Morgan fingerprint density at radius 1 is 0.939 bits per heavy atom. The third kappa shape index (κ3) is 7.11. The van der Waals surface area contributed by atoms with E-state index in [9.17, 15) is 26.3 Å². The second kappa shape index (κ2) is 10.1. The third-order valence-electron chi connectivity index (χ3n) is 4.39. The highest BCUT2D eigenvalue weighted by Gasteiger charge is 2.37. The van der Waals surface area contributed by atoms with E-state index in [2.05, 4.69) is 15.6 Å². The minimum atomic E-state index is -4.98. The van der Waals surface area contributed by atoms with Gasteiger partial charge in [-0.2, -0.15) is 26.3 Å². The summed E-state index contributed by atoms with van der Waals surface area (Å²) in [4.78, 5) is 4.15. The Balaban J connectivity index is 2.42. The number of guanidine groups is 1. The second-order valence-electron chi connectivity index (χ2n) is 6.91. The number of nitrogens with zero attached hydrogens (tertiary/aromatic N) is 1. The van der Waals surface area contributed by atoms with E-state index in [1.807, 2.05) is 6.92 Å². The molecule has 0 saturated heterocycles. The molecule has 33 heavy (non-hydrogen) atoms. The number of benzene rings is 1. The van der Waals surface area contributed by atoms with Crippen molar-refractivity contribution in [1.82, 2.24) is 5.32 Å². The van der Waals surface area contributed by atoms with E-state index in [0.29, 0.717) is 35.5 Å². The first-order valence-corrected chi connectivity index (χ1v) is 9.89. The van der Waals surface area contributed by atoms with Crippen LogP contribution in [0.25, 0.3) is 0 Å². The first-order chi connectivity index (χ1) is 15.2. The van der Waals surface area contributed by atoms with Crippen LogP contribution in [0.4, 0.5) is 32.0 Å². The van der Waals surface area contributed by atoms with Crippen LogP contribution >= 0.6 is 12.2 Å². The van der Waals surface area contributed by atoms with E-state index in [-0.39, 0.29) is 17.1 Å². The molecule has 6 N–H and O–H groups in total. The summed E-state index contributed by atoms with van der Waals surface area (Å²) in [5.74, 6) is -0.183. The zero-order chi connectivity index (χ0) is 25.0. The Bertz CT molecular complexity index is 1040. The van der Waals surface area contributed by atoms with Crippen molar-refractivity contribution in [3.8, 4) is 0 Å². The zero-order valence-electron chi connectivity index (χ0n) is 17.5. The number of rotatable bonds is 4. The highest BCUT2D eigenvalue weighted by atomic mass is 32.1. The van der Waals surface area contributed by atoms with Gasteiger partial charge in [0, 0.05) is 17.0 Å². The van der Waals surface area contributed by atoms with Gasteiger partial charge in [-0.05, 0) is 55.4 Å². The van der Waals surface area contributed by atoms with Crippen molar-refractivity contribution in [1.29, 1.82) is 0 Å². The van der Waals surface area contributed by atoms with Gasteiger partial charge in [0.1, 0.15) is 0 Å². The molecular formula is C21H21F6N5S. The van der Waals surface area contributed by atoms with Crippen LogP contribution in [0.3, 0.4) is 0 Å². The molecule has 0 aromatic heterocycles. The Morgan fingerprint density at radius 3 is 1.97 bits per heavy atom. The molecule has 2 rings (SSSR count). The lowest BCUT2D eigenvalue weighted by Gasteiger charge is -2.20. The van der Waals surface area contributed by atoms with Crippen molar-refractivity contribution < 1.29 is 26.3 Å². The lowest BCUT2D eigenvalue weighted by atomic mass is 10.00. The summed E-state index contributed by atoms with van der Waals surface area (Å²) in [5, 5.41) is 4.98. The molecule has 1 aromatic rings. The van der Waals surface area contributed by atoms with Crippen LogP contribution in [-0.4, -0.2) is 11.1 Å². The van der Waals surface area contributed by atoms with E-state index in [1.165, 1.54) is 0 Å².